The van der Waals surface area contributed by atoms with Gasteiger partial charge in [0.25, 0.3) is 0 Å². The molecule has 2 amide bonds. The summed E-state index contributed by atoms with van der Waals surface area (Å²) in [5, 5.41) is 15.5. The van der Waals surface area contributed by atoms with Crippen LogP contribution in [0.5, 0.6) is 0 Å². The topological polar surface area (TPSA) is 81.7 Å². The van der Waals surface area contributed by atoms with E-state index in [2.05, 4.69) is 10.6 Å². The average molecular weight is 283 g/mol. The van der Waals surface area contributed by atoms with Crippen LogP contribution in [0, 0.1) is 0 Å². The Labute approximate surface area is 119 Å². The van der Waals surface area contributed by atoms with Gasteiger partial charge in [0.15, 0.2) is 0 Å². The van der Waals surface area contributed by atoms with Crippen LogP contribution in [0.3, 0.4) is 0 Å². The predicted octanol–water partition coefficient (Wildman–Crippen LogP) is -0.383. The van der Waals surface area contributed by atoms with Crippen LogP contribution in [0.2, 0.25) is 0 Å². The Morgan fingerprint density at radius 1 is 1.45 bits per heavy atom. The van der Waals surface area contributed by atoms with Crippen molar-refractivity contribution >= 4 is 11.8 Å². The smallest absolute Gasteiger partial charge is 0.239 e. The van der Waals surface area contributed by atoms with Gasteiger partial charge in [0, 0.05) is 32.1 Å². The number of hydrogen-bond acceptors (Lipinski definition) is 4. The molecule has 20 heavy (non-hydrogen) atoms. The largest absolute Gasteiger partial charge is 0.392 e. The summed E-state index contributed by atoms with van der Waals surface area (Å²) >= 11 is 0. The van der Waals surface area contributed by atoms with Crippen molar-refractivity contribution in [2.45, 2.75) is 57.2 Å². The van der Waals surface area contributed by atoms with E-state index in [0.717, 1.165) is 25.8 Å². The minimum absolute atomic E-state index is 0.0518. The molecule has 3 unspecified atom stereocenters. The molecule has 6 heteroatoms. The lowest BCUT2D eigenvalue weighted by Crippen LogP contribution is -2.53. The van der Waals surface area contributed by atoms with Crippen molar-refractivity contribution in [3.8, 4) is 0 Å². The highest BCUT2D eigenvalue weighted by molar-refractivity contribution is 5.82. The van der Waals surface area contributed by atoms with E-state index in [0.29, 0.717) is 25.9 Å². The maximum absolute atomic E-state index is 12.3. The number of aliphatic hydroxyl groups is 1. The van der Waals surface area contributed by atoms with Gasteiger partial charge in [-0.2, -0.15) is 0 Å². The Morgan fingerprint density at radius 3 is 2.90 bits per heavy atom. The van der Waals surface area contributed by atoms with Crippen molar-refractivity contribution in [1.29, 1.82) is 0 Å². The zero-order valence-corrected chi connectivity index (χ0v) is 12.1. The van der Waals surface area contributed by atoms with Crippen LogP contribution < -0.4 is 10.6 Å². The summed E-state index contributed by atoms with van der Waals surface area (Å²) < 4.78 is 0. The van der Waals surface area contributed by atoms with Crippen LogP contribution in [-0.4, -0.2) is 59.6 Å². The number of aliphatic hydroxyl groups excluding tert-OH is 1. The van der Waals surface area contributed by atoms with Gasteiger partial charge in [-0.05, 0) is 25.7 Å². The second-order valence-corrected chi connectivity index (χ2v) is 5.79. The summed E-state index contributed by atoms with van der Waals surface area (Å²) in [7, 11) is 0. The van der Waals surface area contributed by atoms with Crippen molar-refractivity contribution in [2.24, 2.45) is 0 Å². The number of likely N-dealkylation sites (tertiary alicyclic amines) is 1. The summed E-state index contributed by atoms with van der Waals surface area (Å²) in [6.07, 6.45) is 3.29. The fourth-order valence-corrected chi connectivity index (χ4v) is 2.95. The Bertz CT molecular complexity index is 362. The lowest BCUT2D eigenvalue weighted by Gasteiger charge is -2.34. The molecule has 0 aromatic heterocycles. The normalized spacial score (nSPS) is 30.3. The second kappa shape index (κ2) is 7.04. The van der Waals surface area contributed by atoms with Crippen LogP contribution >= 0.6 is 0 Å². The SMILES string of the molecule is CCCC(=O)NC1CCCN(C(=O)C2CC(O)CN2)C1. The number of rotatable bonds is 4. The van der Waals surface area contributed by atoms with Crippen LogP contribution in [-0.2, 0) is 9.59 Å². The summed E-state index contributed by atoms with van der Waals surface area (Å²) in [4.78, 5) is 25.8. The summed E-state index contributed by atoms with van der Waals surface area (Å²) in [6.45, 7) is 3.80. The van der Waals surface area contributed by atoms with Crippen LogP contribution in [0.4, 0.5) is 0 Å². The number of nitrogens with one attached hydrogen (secondary N) is 2. The minimum Gasteiger partial charge on any atom is -0.392 e. The number of piperidine rings is 1. The van der Waals surface area contributed by atoms with E-state index in [1.165, 1.54) is 0 Å². The second-order valence-electron chi connectivity index (χ2n) is 5.79. The molecular formula is C14H25N3O3. The molecule has 0 aliphatic carbocycles. The highest BCUT2D eigenvalue weighted by Gasteiger charge is 2.33. The molecule has 0 aromatic rings. The molecule has 2 saturated heterocycles. The summed E-state index contributed by atoms with van der Waals surface area (Å²) in [5.41, 5.74) is 0. The molecule has 2 heterocycles. The first-order valence-corrected chi connectivity index (χ1v) is 7.59. The molecule has 0 bridgehead atoms. The predicted molar refractivity (Wildman–Crippen MR) is 75.1 cm³/mol. The third kappa shape index (κ3) is 3.93. The van der Waals surface area contributed by atoms with Gasteiger partial charge in [0.2, 0.25) is 11.8 Å². The van der Waals surface area contributed by atoms with Crippen molar-refractivity contribution in [1.82, 2.24) is 15.5 Å². The molecule has 2 rings (SSSR count). The first-order valence-electron chi connectivity index (χ1n) is 7.59. The van der Waals surface area contributed by atoms with E-state index >= 15 is 0 Å². The molecule has 0 aromatic carbocycles. The van der Waals surface area contributed by atoms with E-state index < -0.39 is 6.10 Å². The fraction of sp³-hybridized carbons (Fsp3) is 0.857. The molecular weight excluding hydrogens is 258 g/mol. The Kier molecular flexibility index (Phi) is 5.37. The highest BCUT2D eigenvalue weighted by atomic mass is 16.3. The van der Waals surface area contributed by atoms with Crippen LogP contribution in [0.25, 0.3) is 0 Å². The summed E-state index contributed by atoms with van der Waals surface area (Å²) in [5.74, 6) is 0.122. The average Bonchev–Trinajstić information content (AvgIpc) is 2.85. The van der Waals surface area contributed by atoms with Gasteiger partial charge >= 0.3 is 0 Å². The number of nitrogens with zero attached hydrogens (tertiary/aromatic N) is 1. The number of amides is 2. The Hall–Kier alpha value is -1.14. The molecule has 2 aliphatic rings. The number of β-amino-alcohol motifs (C(OH)–C–C–N with tert-alkyl or cyclic N) is 1. The van der Waals surface area contributed by atoms with Crippen molar-refractivity contribution in [3.05, 3.63) is 0 Å². The van der Waals surface area contributed by atoms with Gasteiger partial charge in [0.05, 0.1) is 12.1 Å². The summed E-state index contributed by atoms with van der Waals surface area (Å²) in [6, 6.07) is -0.201. The molecule has 114 valence electrons. The Morgan fingerprint density at radius 2 is 2.25 bits per heavy atom. The standard InChI is InChI=1S/C14H25N3O3/c1-2-4-13(19)16-10-5-3-6-17(9-10)14(20)12-7-11(18)8-15-12/h10-12,15,18H,2-9H2,1H3,(H,16,19). The Balaban J connectivity index is 1.83. The molecule has 0 radical (unpaired) electrons. The molecule has 0 spiro atoms. The molecule has 3 atom stereocenters. The monoisotopic (exact) mass is 283 g/mol. The van der Waals surface area contributed by atoms with Crippen LogP contribution in [0.15, 0.2) is 0 Å². The van der Waals surface area contributed by atoms with Gasteiger partial charge in [-0.15, -0.1) is 0 Å². The van der Waals surface area contributed by atoms with E-state index in [1.54, 1.807) is 0 Å². The highest BCUT2D eigenvalue weighted by Crippen LogP contribution is 2.15. The van der Waals surface area contributed by atoms with Gasteiger partial charge in [0.1, 0.15) is 0 Å². The lowest BCUT2D eigenvalue weighted by molar-refractivity contribution is -0.135. The van der Waals surface area contributed by atoms with Crippen molar-refractivity contribution in [2.75, 3.05) is 19.6 Å². The van der Waals surface area contributed by atoms with Gasteiger partial charge in [-0.3, -0.25) is 9.59 Å². The fourth-order valence-electron chi connectivity index (χ4n) is 2.95. The zero-order chi connectivity index (χ0) is 14.5. The van der Waals surface area contributed by atoms with Gasteiger partial charge in [-0.25, -0.2) is 0 Å². The first kappa shape index (κ1) is 15.3. The minimum atomic E-state index is -0.422. The van der Waals surface area contributed by atoms with E-state index in [-0.39, 0.29) is 23.9 Å². The molecule has 3 N–H and O–H groups in total. The molecule has 2 fully saturated rings. The number of carbonyl (C=O) groups is 2. The van der Waals surface area contributed by atoms with Gasteiger partial charge < -0.3 is 20.6 Å². The number of hydrogen-bond donors (Lipinski definition) is 3. The van der Waals surface area contributed by atoms with Crippen LogP contribution in [0.1, 0.15) is 39.0 Å². The zero-order valence-electron chi connectivity index (χ0n) is 12.1. The maximum Gasteiger partial charge on any atom is 0.239 e. The lowest BCUT2D eigenvalue weighted by atomic mass is 10.0. The number of carbonyl (C=O) groups excluding carboxylic acids is 2. The van der Waals surface area contributed by atoms with Crippen molar-refractivity contribution < 1.29 is 14.7 Å². The van der Waals surface area contributed by atoms with E-state index in [4.69, 9.17) is 0 Å². The quantitative estimate of drug-likeness (QED) is 0.657. The maximum atomic E-state index is 12.3. The van der Waals surface area contributed by atoms with E-state index in [1.807, 2.05) is 11.8 Å². The molecule has 6 nitrogen and oxygen atoms in total. The molecule has 0 saturated carbocycles. The molecule has 2 aliphatic heterocycles. The first-order chi connectivity index (χ1) is 9.60. The van der Waals surface area contributed by atoms with E-state index in [9.17, 15) is 14.7 Å². The third-order valence-corrected chi connectivity index (χ3v) is 3.98. The third-order valence-electron chi connectivity index (χ3n) is 3.98. The van der Waals surface area contributed by atoms with Crippen molar-refractivity contribution in [3.63, 3.8) is 0 Å². The van der Waals surface area contributed by atoms with Gasteiger partial charge in [-0.1, -0.05) is 6.92 Å².